The van der Waals surface area contributed by atoms with Gasteiger partial charge in [0.2, 0.25) is 0 Å². The van der Waals surface area contributed by atoms with Gasteiger partial charge in [-0.3, -0.25) is 4.79 Å². The van der Waals surface area contributed by atoms with E-state index in [-0.39, 0.29) is 24.5 Å². The standard InChI is InChI=1S/C12H25NO3S/c1-6-12(5,9-13)10(14)7-8-17(15,16)11(2,3)4/h6-9,13H2,1-5H3. The molecule has 0 radical (unpaired) electrons. The molecule has 0 fully saturated rings. The molecule has 0 aliphatic rings. The van der Waals surface area contributed by atoms with Gasteiger partial charge in [-0.05, 0) is 27.2 Å². The molecule has 0 aromatic heterocycles. The third-order valence-electron chi connectivity index (χ3n) is 3.43. The van der Waals surface area contributed by atoms with E-state index in [1.165, 1.54) is 0 Å². The van der Waals surface area contributed by atoms with Gasteiger partial charge in [0.1, 0.15) is 5.78 Å². The first-order valence-corrected chi connectivity index (χ1v) is 7.61. The van der Waals surface area contributed by atoms with Gasteiger partial charge in [0.25, 0.3) is 0 Å². The molecule has 4 nitrogen and oxygen atoms in total. The number of sulfone groups is 1. The first-order valence-electron chi connectivity index (χ1n) is 5.96. The molecule has 0 heterocycles. The fraction of sp³-hybridized carbons (Fsp3) is 0.917. The lowest BCUT2D eigenvalue weighted by molar-refractivity contribution is -0.127. The topological polar surface area (TPSA) is 77.2 Å². The van der Waals surface area contributed by atoms with Crippen molar-refractivity contribution in [3.8, 4) is 0 Å². The van der Waals surface area contributed by atoms with Gasteiger partial charge in [0.15, 0.2) is 9.84 Å². The van der Waals surface area contributed by atoms with Crippen molar-refractivity contribution in [3.63, 3.8) is 0 Å². The summed E-state index contributed by atoms with van der Waals surface area (Å²) in [7, 11) is -3.23. The summed E-state index contributed by atoms with van der Waals surface area (Å²) >= 11 is 0. The molecule has 1 atom stereocenters. The van der Waals surface area contributed by atoms with E-state index in [1.807, 2.05) is 6.92 Å². The maximum absolute atomic E-state index is 12.0. The molecule has 2 N–H and O–H groups in total. The van der Waals surface area contributed by atoms with Gasteiger partial charge < -0.3 is 5.73 Å². The molecule has 0 aromatic rings. The summed E-state index contributed by atoms with van der Waals surface area (Å²) in [5.74, 6) is -0.152. The monoisotopic (exact) mass is 263 g/mol. The fourth-order valence-electron chi connectivity index (χ4n) is 1.29. The van der Waals surface area contributed by atoms with Crippen LogP contribution in [0.3, 0.4) is 0 Å². The van der Waals surface area contributed by atoms with Crippen LogP contribution in [0.1, 0.15) is 47.5 Å². The average molecular weight is 263 g/mol. The largest absolute Gasteiger partial charge is 0.329 e. The minimum absolute atomic E-state index is 0.0567. The van der Waals surface area contributed by atoms with Crippen LogP contribution in [0.5, 0.6) is 0 Å². The van der Waals surface area contributed by atoms with Gasteiger partial charge >= 0.3 is 0 Å². The summed E-state index contributed by atoms with van der Waals surface area (Å²) in [4.78, 5) is 12.0. The Labute approximate surface area is 105 Å². The molecule has 0 bridgehead atoms. The lowest BCUT2D eigenvalue weighted by Gasteiger charge is -2.25. The number of carbonyl (C=O) groups excluding carboxylic acids is 1. The number of nitrogens with two attached hydrogens (primary N) is 1. The van der Waals surface area contributed by atoms with Gasteiger partial charge in [0, 0.05) is 18.4 Å². The summed E-state index contributed by atoms with van der Waals surface area (Å²) in [6.45, 7) is 8.89. The van der Waals surface area contributed by atoms with Crippen LogP contribution in [0.4, 0.5) is 0 Å². The molecule has 0 amide bonds. The van der Waals surface area contributed by atoms with E-state index >= 15 is 0 Å². The number of hydrogen-bond donors (Lipinski definition) is 1. The van der Waals surface area contributed by atoms with Crippen molar-refractivity contribution in [2.45, 2.75) is 52.2 Å². The third-order valence-corrected chi connectivity index (χ3v) is 6.04. The van der Waals surface area contributed by atoms with E-state index < -0.39 is 20.0 Å². The highest BCUT2D eigenvalue weighted by molar-refractivity contribution is 7.92. The molecule has 17 heavy (non-hydrogen) atoms. The molecule has 0 aliphatic heterocycles. The van der Waals surface area contributed by atoms with E-state index in [2.05, 4.69) is 0 Å². The van der Waals surface area contributed by atoms with Crippen LogP contribution in [-0.4, -0.2) is 31.2 Å². The first kappa shape index (κ1) is 16.6. The summed E-state index contributed by atoms with van der Waals surface area (Å²) in [5, 5.41) is 0. The van der Waals surface area contributed by atoms with Crippen LogP contribution in [-0.2, 0) is 14.6 Å². The zero-order chi connectivity index (χ0) is 13.9. The maximum atomic E-state index is 12.0. The van der Waals surface area contributed by atoms with E-state index in [0.717, 1.165) is 0 Å². The average Bonchev–Trinajstić information content (AvgIpc) is 2.23. The summed E-state index contributed by atoms with van der Waals surface area (Å²) < 4.78 is 22.9. The van der Waals surface area contributed by atoms with Crippen LogP contribution in [0.15, 0.2) is 0 Å². The lowest BCUT2D eigenvalue weighted by Crippen LogP contribution is -2.38. The zero-order valence-electron chi connectivity index (χ0n) is 11.5. The zero-order valence-corrected chi connectivity index (χ0v) is 12.4. The Morgan fingerprint density at radius 2 is 1.65 bits per heavy atom. The van der Waals surface area contributed by atoms with E-state index in [9.17, 15) is 13.2 Å². The number of ketones is 1. The third kappa shape index (κ3) is 4.07. The summed E-state index contributed by atoms with van der Waals surface area (Å²) in [6, 6.07) is 0. The molecule has 0 aromatic carbocycles. The van der Waals surface area contributed by atoms with Crippen LogP contribution >= 0.6 is 0 Å². The number of rotatable bonds is 6. The second-order valence-corrected chi connectivity index (χ2v) is 8.59. The molecule has 5 heteroatoms. The van der Waals surface area contributed by atoms with Crippen molar-refractivity contribution < 1.29 is 13.2 Å². The van der Waals surface area contributed by atoms with Crippen molar-refractivity contribution >= 4 is 15.6 Å². The van der Waals surface area contributed by atoms with Gasteiger partial charge in [-0.2, -0.15) is 0 Å². The molecule has 102 valence electrons. The highest BCUT2D eigenvalue weighted by Crippen LogP contribution is 2.24. The fourth-order valence-corrected chi connectivity index (χ4v) is 2.36. The van der Waals surface area contributed by atoms with Crippen LogP contribution in [0.2, 0.25) is 0 Å². The second kappa shape index (κ2) is 5.48. The summed E-state index contributed by atoms with van der Waals surface area (Å²) in [5.41, 5.74) is 4.98. The number of Topliss-reactive ketones (excluding diaryl/α,β-unsaturated/α-hetero) is 1. The highest BCUT2D eigenvalue weighted by Gasteiger charge is 2.33. The molecule has 0 rings (SSSR count). The van der Waals surface area contributed by atoms with E-state index in [4.69, 9.17) is 5.73 Å². The Kier molecular flexibility index (Phi) is 5.35. The Morgan fingerprint density at radius 1 is 1.18 bits per heavy atom. The Balaban J connectivity index is 4.67. The maximum Gasteiger partial charge on any atom is 0.155 e. The van der Waals surface area contributed by atoms with Gasteiger partial charge in [-0.15, -0.1) is 0 Å². The Bertz CT molecular complexity index is 362. The first-order chi connectivity index (χ1) is 7.50. The van der Waals surface area contributed by atoms with Crippen molar-refractivity contribution in [1.29, 1.82) is 0 Å². The lowest BCUT2D eigenvalue weighted by atomic mass is 9.82. The number of hydrogen-bond acceptors (Lipinski definition) is 4. The number of carbonyl (C=O) groups is 1. The van der Waals surface area contributed by atoms with E-state index in [1.54, 1.807) is 27.7 Å². The van der Waals surface area contributed by atoms with E-state index in [0.29, 0.717) is 6.42 Å². The normalized spacial score (nSPS) is 16.6. The highest BCUT2D eigenvalue weighted by atomic mass is 32.2. The van der Waals surface area contributed by atoms with Gasteiger partial charge in [-0.25, -0.2) is 8.42 Å². The molecule has 0 aliphatic carbocycles. The van der Waals surface area contributed by atoms with Crippen molar-refractivity contribution in [2.24, 2.45) is 11.1 Å². The minimum atomic E-state index is -3.23. The van der Waals surface area contributed by atoms with Gasteiger partial charge in [-0.1, -0.05) is 13.8 Å². The summed E-state index contributed by atoms with van der Waals surface area (Å²) in [6.07, 6.45) is 0.693. The predicted molar refractivity (Wildman–Crippen MR) is 70.6 cm³/mol. The van der Waals surface area contributed by atoms with Crippen LogP contribution in [0, 0.1) is 5.41 Å². The molecular formula is C12H25NO3S. The predicted octanol–water partition coefficient (Wildman–Crippen LogP) is 1.53. The van der Waals surface area contributed by atoms with Crippen LogP contribution in [0.25, 0.3) is 0 Å². The van der Waals surface area contributed by atoms with Crippen molar-refractivity contribution in [1.82, 2.24) is 0 Å². The molecule has 0 saturated carbocycles. The van der Waals surface area contributed by atoms with Gasteiger partial charge in [0.05, 0.1) is 10.5 Å². The molecule has 1 unspecified atom stereocenters. The smallest absolute Gasteiger partial charge is 0.155 e. The van der Waals surface area contributed by atoms with Crippen LogP contribution < -0.4 is 5.73 Å². The SMILES string of the molecule is CCC(C)(CN)C(=O)CCS(=O)(=O)C(C)(C)C. The minimum Gasteiger partial charge on any atom is -0.329 e. The Morgan fingerprint density at radius 3 is 1.94 bits per heavy atom. The van der Waals surface area contributed by atoms with Crippen molar-refractivity contribution in [3.05, 3.63) is 0 Å². The Hall–Kier alpha value is -0.420. The molecule has 0 spiro atoms. The van der Waals surface area contributed by atoms with Crippen molar-refractivity contribution in [2.75, 3.05) is 12.3 Å². The molecular weight excluding hydrogens is 238 g/mol. The quantitative estimate of drug-likeness (QED) is 0.788. The molecule has 0 saturated heterocycles. The second-order valence-electron chi connectivity index (χ2n) is 5.72.